The number of aromatic nitrogens is 1. The average Bonchev–Trinajstić information content (AvgIpc) is 2.73. The number of nitrogens with one attached hydrogen (secondary N) is 1. The van der Waals surface area contributed by atoms with Gasteiger partial charge >= 0.3 is 0 Å². The van der Waals surface area contributed by atoms with E-state index in [9.17, 15) is 4.79 Å². The molecule has 1 amide bonds. The van der Waals surface area contributed by atoms with Gasteiger partial charge in [-0.05, 0) is 19.8 Å². The number of rotatable bonds is 3. The fraction of sp³-hybridized carbons (Fsp3) is 0.667. The SMILES string of the molecule is Cc1cc(CNC(=O)C2CCCCC2N)on1. The zero-order valence-electron chi connectivity index (χ0n) is 10.1. The van der Waals surface area contributed by atoms with Crippen LogP contribution < -0.4 is 11.1 Å². The Labute approximate surface area is 101 Å². The van der Waals surface area contributed by atoms with Crippen LogP contribution in [0.25, 0.3) is 0 Å². The first kappa shape index (κ1) is 12.1. The summed E-state index contributed by atoms with van der Waals surface area (Å²) in [6, 6.07) is 1.82. The molecule has 17 heavy (non-hydrogen) atoms. The summed E-state index contributed by atoms with van der Waals surface area (Å²) in [6.45, 7) is 2.24. The van der Waals surface area contributed by atoms with E-state index in [0.29, 0.717) is 12.3 Å². The monoisotopic (exact) mass is 237 g/mol. The minimum absolute atomic E-state index is 0.000196. The lowest BCUT2D eigenvalue weighted by Crippen LogP contribution is -2.43. The molecule has 0 bridgehead atoms. The molecular weight excluding hydrogens is 218 g/mol. The fourth-order valence-electron chi connectivity index (χ4n) is 2.29. The summed E-state index contributed by atoms with van der Waals surface area (Å²) in [4.78, 5) is 11.9. The van der Waals surface area contributed by atoms with Gasteiger partial charge in [0.15, 0.2) is 5.76 Å². The standard InChI is InChI=1S/C12H19N3O2/c1-8-6-9(17-15-8)7-14-12(16)10-4-2-3-5-11(10)13/h6,10-11H,2-5,7,13H2,1H3,(H,14,16). The molecule has 0 saturated heterocycles. The summed E-state index contributed by atoms with van der Waals surface area (Å²) in [5.41, 5.74) is 6.78. The molecule has 1 aliphatic rings. The maximum absolute atomic E-state index is 11.9. The number of carbonyl (C=O) groups is 1. The van der Waals surface area contributed by atoms with Crippen LogP contribution in [0.4, 0.5) is 0 Å². The van der Waals surface area contributed by atoms with E-state index in [1.807, 2.05) is 13.0 Å². The van der Waals surface area contributed by atoms with Crippen molar-refractivity contribution in [3.63, 3.8) is 0 Å². The first-order chi connectivity index (χ1) is 8.16. The highest BCUT2D eigenvalue weighted by molar-refractivity contribution is 5.79. The average molecular weight is 237 g/mol. The Morgan fingerprint density at radius 3 is 3.00 bits per heavy atom. The third-order valence-corrected chi connectivity index (χ3v) is 3.27. The molecule has 0 spiro atoms. The van der Waals surface area contributed by atoms with E-state index in [-0.39, 0.29) is 17.9 Å². The highest BCUT2D eigenvalue weighted by Gasteiger charge is 2.27. The summed E-state index contributed by atoms with van der Waals surface area (Å²) in [5, 5.41) is 6.63. The normalized spacial score (nSPS) is 24.6. The molecule has 5 heteroatoms. The van der Waals surface area contributed by atoms with E-state index in [2.05, 4.69) is 10.5 Å². The van der Waals surface area contributed by atoms with Crippen molar-refractivity contribution in [2.45, 2.75) is 45.2 Å². The van der Waals surface area contributed by atoms with Crippen molar-refractivity contribution in [3.8, 4) is 0 Å². The molecule has 0 aliphatic heterocycles. The van der Waals surface area contributed by atoms with Crippen molar-refractivity contribution in [2.75, 3.05) is 0 Å². The predicted octanol–water partition coefficient (Wildman–Crippen LogP) is 1.12. The largest absolute Gasteiger partial charge is 0.359 e. The molecule has 1 saturated carbocycles. The molecule has 1 aliphatic carbocycles. The predicted molar refractivity (Wildman–Crippen MR) is 63.0 cm³/mol. The molecule has 2 atom stereocenters. The molecule has 0 radical (unpaired) electrons. The smallest absolute Gasteiger partial charge is 0.225 e. The highest BCUT2D eigenvalue weighted by Crippen LogP contribution is 2.23. The lowest BCUT2D eigenvalue weighted by Gasteiger charge is -2.27. The van der Waals surface area contributed by atoms with Crippen molar-refractivity contribution in [3.05, 3.63) is 17.5 Å². The Bertz CT molecular complexity index is 389. The second-order valence-corrected chi connectivity index (χ2v) is 4.71. The van der Waals surface area contributed by atoms with Crippen LogP contribution in [-0.4, -0.2) is 17.1 Å². The van der Waals surface area contributed by atoms with E-state index in [0.717, 1.165) is 31.4 Å². The molecule has 5 nitrogen and oxygen atoms in total. The lowest BCUT2D eigenvalue weighted by molar-refractivity contribution is -0.126. The van der Waals surface area contributed by atoms with Gasteiger partial charge in [-0.15, -0.1) is 0 Å². The highest BCUT2D eigenvalue weighted by atomic mass is 16.5. The van der Waals surface area contributed by atoms with Crippen LogP contribution >= 0.6 is 0 Å². The van der Waals surface area contributed by atoms with E-state index < -0.39 is 0 Å². The first-order valence-corrected chi connectivity index (χ1v) is 6.12. The van der Waals surface area contributed by atoms with Crippen LogP contribution in [0.5, 0.6) is 0 Å². The van der Waals surface area contributed by atoms with Crippen LogP contribution in [0.15, 0.2) is 10.6 Å². The van der Waals surface area contributed by atoms with Gasteiger partial charge in [-0.2, -0.15) is 0 Å². The Morgan fingerprint density at radius 2 is 2.35 bits per heavy atom. The molecule has 94 valence electrons. The molecule has 2 unspecified atom stereocenters. The number of amides is 1. The Kier molecular flexibility index (Phi) is 3.78. The van der Waals surface area contributed by atoms with Gasteiger partial charge in [0.2, 0.25) is 5.91 Å². The van der Waals surface area contributed by atoms with Gasteiger partial charge < -0.3 is 15.6 Å². The summed E-state index contributed by atoms with van der Waals surface area (Å²) < 4.78 is 5.03. The van der Waals surface area contributed by atoms with Crippen LogP contribution in [0.1, 0.15) is 37.1 Å². The molecule has 0 aromatic carbocycles. The van der Waals surface area contributed by atoms with Gasteiger partial charge in [-0.3, -0.25) is 4.79 Å². The molecule has 2 rings (SSSR count). The molecule has 3 N–H and O–H groups in total. The van der Waals surface area contributed by atoms with Crippen molar-refractivity contribution >= 4 is 5.91 Å². The third kappa shape index (κ3) is 3.06. The van der Waals surface area contributed by atoms with Crippen molar-refractivity contribution < 1.29 is 9.32 Å². The Hall–Kier alpha value is -1.36. The number of hydrogen-bond donors (Lipinski definition) is 2. The molecule has 1 fully saturated rings. The van der Waals surface area contributed by atoms with E-state index in [1.54, 1.807) is 0 Å². The Morgan fingerprint density at radius 1 is 1.59 bits per heavy atom. The zero-order chi connectivity index (χ0) is 12.3. The van der Waals surface area contributed by atoms with Gasteiger partial charge in [-0.25, -0.2) is 0 Å². The van der Waals surface area contributed by atoms with Crippen LogP contribution in [-0.2, 0) is 11.3 Å². The number of aryl methyl sites for hydroxylation is 1. The van der Waals surface area contributed by atoms with Gasteiger partial charge in [0.05, 0.1) is 18.2 Å². The second kappa shape index (κ2) is 5.31. The van der Waals surface area contributed by atoms with Crippen molar-refractivity contribution in [1.82, 2.24) is 10.5 Å². The summed E-state index contributed by atoms with van der Waals surface area (Å²) in [7, 11) is 0. The lowest BCUT2D eigenvalue weighted by atomic mass is 9.84. The topological polar surface area (TPSA) is 81.2 Å². The van der Waals surface area contributed by atoms with E-state index in [4.69, 9.17) is 10.3 Å². The van der Waals surface area contributed by atoms with Crippen LogP contribution in [0.2, 0.25) is 0 Å². The van der Waals surface area contributed by atoms with Crippen molar-refractivity contribution in [2.24, 2.45) is 11.7 Å². The number of nitrogens with two attached hydrogens (primary N) is 1. The summed E-state index contributed by atoms with van der Waals surface area (Å²) >= 11 is 0. The summed E-state index contributed by atoms with van der Waals surface area (Å²) in [5.74, 6) is 0.666. The van der Waals surface area contributed by atoms with Crippen LogP contribution in [0.3, 0.4) is 0 Å². The molecular formula is C12H19N3O2. The van der Waals surface area contributed by atoms with E-state index in [1.165, 1.54) is 0 Å². The molecule has 1 aromatic rings. The van der Waals surface area contributed by atoms with Gasteiger partial charge in [0, 0.05) is 12.1 Å². The fourth-order valence-corrected chi connectivity index (χ4v) is 2.29. The van der Waals surface area contributed by atoms with Crippen LogP contribution in [0, 0.1) is 12.8 Å². The van der Waals surface area contributed by atoms with Gasteiger partial charge in [-0.1, -0.05) is 18.0 Å². The minimum atomic E-state index is -0.0484. The van der Waals surface area contributed by atoms with E-state index >= 15 is 0 Å². The maximum atomic E-state index is 11.9. The molecule has 1 heterocycles. The molecule has 1 aromatic heterocycles. The van der Waals surface area contributed by atoms with Crippen molar-refractivity contribution in [1.29, 1.82) is 0 Å². The first-order valence-electron chi connectivity index (χ1n) is 6.12. The van der Waals surface area contributed by atoms with Gasteiger partial charge in [0.25, 0.3) is 0 Å². The number of carbonyl (C=O) groups excluding carboxylic acids is 1. The number of hydrogen-bond acceptors (Lipinski definition) is 4. The second-order valence-electron chi connectivity index (χ2n) is 4.71. The number of nitrogens with zero attached hydrogens (tertiary/aromatic N) is 1. The Balaban J connectivity index is 1.84. The third-order valence-electron chi connectivity index (χ3n) is 3.27. The summed E-state index contributed by atoms with van der Waals surface area (Å²) in [6.07, 6.45) is 4.06. The quantitative estimate of drug-likeness (QED) is 0.825. The maximum Gasteiger partial charge on any atom is 0.225 e. The minimum Gasteiger partial charge on any atom is -0.359 e. The zero-order valence-corrected chi connectivity index (χ0v) is 10.1. The van der Waals surface area contributed by atoms with Gasteiger partial charge in [0.1, 0.15) is 0 Å².